The molecule has 1 rings (SSSR count). The number of amides is 1. The fourth-order valence-electron chi connectivity index (χ4n) is 0.804. The number of aromatic nitrogens is 1. The number of nitrogens with one attached hydrogen (secondary N) is 1. The number of carbonyl (C=O) groups excluding carboxylic acids is 1. The largest absolute Gasteiger partial charge is 0.438 e. The molecule has 5 heteroatoms. The molecule has 13 heavy (non-hydrogen) atoms. The van der Waals surface area contributed by atoms with Gasteiger partial charge in [-0.3, -0.25) is 4.79 Å². The van der Waals surface area contributed by atoms with Crippen molar-refractivity contribution in [3.63, 3.8) is 0 Å². The first-order valence-electron chi connectivity index (χ1n) is 4.07. The van der Waals surface area contributed by atoms with E-state index in [-0.39, 0.29) is 17.8 Å². The van der Waals surface area contributed by atoms with E-state index in [1.165, 1.54) is 6.20 Å². The minimum Gasteiger partial charge on any atom is -0.438 e. The van der Waals surface area contributed by atoms with Gasteiger partial charge in [-0.1, -0.05) is 0 Å². The van der Waals surface area contributed by atoms with Gasteiger partial charge in [0, 0.05) is 12.6 Å². The topological polar surface area (TPSA) is 81.2 Å². The molecular formula is C8H13N3O2. The summed E-state index contributed by atoms with van der Waals surface area (Å²) in [4.78, 5) is 15.1. The number of hydrogen-bond donors (Lipinski definition) is 2. The van der Waals surface area contributed by atoms with Crippen LogP contribution in [0.25, 0.3) is 0 Å². The summed E-state index contributed by atoms with van der Waals surface area (Å²) >= 11 is 0. The Labute approximate surface area is 76.3 Å². The maximum absolute atomic E-state index is 11.3. The molecule has 1 unspecified atom stereocenters. The maximum atomic E-state index is 11.3. The lowest BCUT2D eigenvalue weighted by molar-refractivity contribution is 0.0905. The van der Waals surface area contributed by atoms with Crippen LogP contribution in [0, 0.1) is 6.92 Å². The molecule has 72 valence electrons. The molecule has 0 aliphatic heterocycles. The Bertz CT molecular complexity index is 295. The van der Waals surface area contributed by atoms with Crippen molar-refractivity contribution in [2.24, 2.45) is 5.73 Å². The molecular weight excluding hydrogens is 170 g/mol. The number of aryl methyl sites for hydroxylation is 1. The number of carbonyl (C=O) groups is 1. The highest BCUT2D eigenvalue weighted by molar-refractivity contribution is 5.89. The maximum Gasteiger partial charge on any atom is 0.307 e. The second-order valence-corrected chi connectivity index (χ2v) is 2.89. The van der Waals surface area contributed by atoms with E-state index in [0.717, 1.165) is 0 Å². The van der Waals surface area contributed by atoms with E-state index >= 15 is 0 Å². The first kappa shape index (κ1) is 9.73. The third-order valence-electron chi connectivity index (χ3n) is 1.55. The molecule has 3 N–H and O–H groups in total. The summed E-state index contributed by atoms with van der Waals surface area (Å²) in [5.41, 5.74) is 5.34. The van der Waals surface area contributed by atoms with Crippen LogP contribution in [-0.2, 0) is 0 Å². The van der Waals surface area contributed by atoms with Crippen LogP contribution in [-0.4, -0.2) is 23.5 Å². The van der Waals surface area contributed by atoms with Crippen LogP contribution >= 0.6 is 0 Å². The van der Waals surface area contributed by atoms with Crippen molar-refractivity contribution >= 4 is 5.91 Å². The van der Waals surface area contributed by atoms with E-state index in [1.54, 1.807) is 6.92 Å². The zero-order chi connectivity index (χ0) is 9.84. The molecule has 1 amide bonds. The molecule has 0 aliphatic rings. The number of nitrogens with zero attached hydrogens (tertiary/aromatic N) is 1. The van der Waals surface area contributed by atoms with E-state index in [4.69, 9.17) is 10.2 Å². The normalized spacial score (nSPS) is 12.5. The highest BCUT2D eigenvalue weighted by atomic mass is 16.4. The number of hydrogen-bond acceptors (Lipinski definition) is 4. The molecule has 0 fully saturated rings. The number of oxazole rings is 1. The van der Waals surface area contributed by atoms with Gasteiger partial charge in [-0.05, 0) is 13.8 Å². The zero-order valence-electron chi connectivity index (χ0n) is 7.70. The smallest absolute Gasteiger partial charge is 0.307 e. The van der Waals surface area contributed by atoms with Gasteiger partial charge < -0.3 is 15.5 Å². The third kappa shape index (κ3) is 2.55. The van der Waals surface area contributed by atoms with Gasteiger partial charge >= 0.3 is 5.91 Å². The Hall–Kier alpha value is -1.36. The highest BCUT2D eigenvalue weighted by Crippen LogP contribution is 2.01. The van der Waals surface area contributed by atoms with Crippen molar-refractivity contribution in [3.8, 4) is 0 Å². The Morgan fingerprint density at radius 3 is 3.00 bits per heavy atom. The lowest BCUT2D eigenvalue weighted by atomic mass is 10.3. The van der Waals surface area contributed by atoms with Crippen LogP contribution in [0.4, 0.5) is 0 Å². The first-order chi connectivity index (χ1) is 6.13. The van der Waals surface area contributed by atoms with Gasteiger partial charge in [0.15, 0.2) is 0 Å². The zero-order valence-corrected chi connectivity index (χ0v) is 7.70. The lowest BCUT2D eigenvalue weighted by Crippen LogP contribution is -2.37. The number of rotatable bonds is 3. The monoisotopic (exact) mass is 183 g/mol. The van der Waals surface area contributed by atoms with Gasteiger partial charge in [-0.15, -0.1) is 0 Å². The average molecular weight is 183 g/mol. The molecule has 0 aromatic carbocycles. The SMILES string of the molecule is Cc1cnc(C(=O)NC(C)CN)o1. The van der Waals surface area contributed by atoms with Crippen molar-refractivity contribution in [1.29, 1.82) is 0 Å². The van der Waals surface area contributed by atoms with Crippen LogP contribution in [0.2, 0.25) is 0 Å². The predicted molar refractivity (Wildman–Crippen MR) is 47.2 cm³/mol. The van der Waals surface area contributed by atoms with E-state index in [2.05, 4.69) is 10.3 Å². The lowest BCUT2D eigenvalue weighted by Gasteiger charge is -2.08. The third-order valence-corrected chi connectivity index (χ3v) is 1.55. The Balaban J connectivity index is 2.58. The predicted octanol–water partition coefficient (Wildman–Crippen LogP) is 0.0600. The van der Waals surface area contributed by atoms with Crippen LogP contribution in [0.5, 0.6) is 0 Å². The van der Waals surface area contributed by atoms with E-state index in [1.807, 2.05) is 6.92 Å². The fraction of sp³-hybridized carbons (Fsp3) is 0.500. The molecule has 0 bridgehead atoms. The summed E-state index contributed by atoms with van der Waals surface area (Å²) in [6, 6.07) is -0.0697. The summed E-state index contributed by atoms with van der Waals surface area (Å²) in [5.74, 6) is 0.370. The quantitative estimate of drug-likeness (QED) is 0.694. The minimum atomic E-state index is -0.328. The van der Waals surface area contributed by atoms with Crippen molar-refractivity contribution in [1.82, 2.24) is 10.3 Å². The van der Waals surface area contributed by atoms with Crippen molar-refractivity contribution in [3.05, 3.63) is 17.8 Å². The second kappa shape index (κ2) is 4.04. The van der Waals surface area contributed by atoms with Gasteiger partial charge in [0.05, 0.1) is 6.20 Å². The molecule has 0 saturated heterocycles. The fourth-order valence-corrected chi connectivity index (χ4v) is 0.804. The van der Waals surface area contributed by atoms with Crippen LogP contribution < -0.4 is 11.1 Å². The minimum absolute atomic E-state index is 0.0697. The van der Waals surface area contributed by atoms with E-state index < -0.39 is 0 Å². The van der Waals surface area contributed by atoms with Gasteiger partial charge in [0.25, 0.3) is 5.89 Å². The summed E-state index contributed by atoms with van der Waals surface area (Å²) in [6.07, 6.45) is 1.50. The molecule has 5 nitrogen and oxygen atoms in total. The summed E-state index contributed by atoms with van der Waals surface area (Å²) in [5, 5.41) is 2.64. The van der Waals surface area contributed by atoms with E-state index in [9.17, 15) is 4.79 Å². The molecule has 0 saturated carbocycles. The van der Waals surface area contributed by atoms with Crippen LogP contribution in [0.1, 0.15) is 23.4 Å². The average Bonchev–Trinajstić information content (AvgIpc) is 2.51. The van der Waals surface area contributed by atoms with Gasteiger partial charge in [-0.25, -0.2) is 4.98 Å². The van der Waals surface area contributed by atoms with Gasteiger partial charge in [0.2, 0.25) is 0 Å². The molecule has 1 aromatic rings. The van der Waals surface area contributed by atoms with Gasteiger partial charge in [-0.2, -0.15) is 0 Å². The summed E-state index contributed by atoms with van der Waals surface area (Å²) in [6.45, 7) is 3.94. The van der Waals surface area contributed by atoms with Crippen molar-refractivity contribution < 1.29 is 9.21 Å². The summed E-state index contributed by atoms with van der Waals surface area (Å²) < 4.78 is 5.03. The van der Waals surface area contributed by atoms with E-state index in [0.29, 0.717) is 12.3 Å². The Morgan fingerprint density at radius 2 is 2.54 bits per heavy atom. The number of nitrogens with two attached hydrogens (primary N) is 1. The molecule has 0 radical (unpaired) electrons. The molecule has 0 aliphatic carbocycles. The van der Waals surface area contributed by atoms with Crippen molar-refractivity contribution in [2.75, 3.05) is 6.54 Å². The van der Waals surface area contributed by atoms with Gasteiger partial charge in [0.1, 0.15) is 5.76 Å². The second-order valence-electron chi connectivity index (χ2n) is 2.89. The molecule has 0 spiro atoms. The summed E-state index contributed by atoms with van der Waals surface area (Å²) in [7, 11) is 0. The van der Waals surface area contributed by atoms with Crippen LogP contribution in [0.15, 0.2) is 10.6 Å². The van der Waals surface area contributed by atoms with Crippen molar-refractivity contribution in [2.45, 2.75) is 19.9 Å². The Kier molecular flexibility index (Phi) is 3.02. The van der Waals surface area contributed by atoms with Crippen LogP contribution in [0.3, 0.4) is 0 Å². The molecule has 1 aromatic heterocycles. The molecule has 1 heterocycles. The standard InChI is InChI=1S/C8H13N3O2/c1-5(3-9)11-7(12)8-10-4-6(2)13-8/h4-5H,3,9H2,1-2H3,(H,11,12). The first-order valence-corrected chi connectivity index (χ1v) is 4.07. The highest BCUT2D eigenvalue weighted by Gasteiger charge is 2.13. The molecule has 1 atom stereocenters. The Morgan fingerprint density at radius 1 is 1.85 bits per heavy atom.